The summed E-state index contributed by atoms with van der Waals surface area (Å²) in [5, 5.41) is 12.4. The van der Waals surface area contributed by atoms with Gasteiger partial charge in [-0.1, -0.05) is 0 Å². The first kappa shape index (κ1) is 15.4. The zero-order valence-electron chi connectivity index (χ0n) is 11.1. The van der Waals surface area contributed by atoms with Crippen LogP contribution >= 0.6 is 12.4 Å². The number of hydrogen-bond donors (Lipinski definition) is 2. The van der Waals surface area contributed by atoms with E-state index in [1.54, 1.807) is 18.2 Å². The van der Waals surface area contributed by atoms with Crippen LogP contribution in [0.2, 0.25) is 0 Å². The van der Waals surface area contributed by atoms with Crippen LogP contribution in [0.5, 0.6) is 11.5 Å². The Morgan fingerprint density at radius 2 is 2.11 bits per heavy atom. The lowest BCUT2D eigenvalue weighted by Crippen LogP contribution is -2.23. The summed E-state index contributed by atoms with van der Waals surface area (Å²) in [7, 11) is 0. The fraction of sp³-hybridized carbons (Fsp3) is 0.462. The Hall–Kier alpha value is -1.62. The van der Waals surface area contributed by atoms with Crippen molar-refractivity contribution >= 4 is 18.5 Å². The molecule has 19 heavy (non-hydrogen) atoms. The van der Waals surface area contributed by atoms with E-state index in [9.17, 15) is 9.90 Å². The van der Waals surface area contributed by atoms with E-state index < -0.39 is 6.09 Å². The van der Waals surface area contributed by atoms with Crippen LogP contribution < -0.4 is 10.1 Å². The van der Waals surface area contributed by atoms with Crippen molar-refractivity contribution in [1.82, 2.24) is 5.32 Å². The van der Waals surface area contributed by atoms with Crippen molar-refractivity contribution in [2.75, 3.05) is 6.61 Å². The van der Waals surface area contributed by atoms with Crippen LogP contribution in [-0.4, -0.2) is 23.4 Å². The molecule has 1 aromatic rings. The average molecular weight is 288 g/mol. The molecule has 6 heteroatoms. The highest BCUT2D eigenvalue weighted by atomic mass is 35.5. The zero-order chi connectivity index (χ0) is 13.3. The first-order chi connectivity index (χ1) is 8.35. The van der Waals surface area contributed by atoms with Gasteiger partial charge in [-0.3, -0.25) is 0 Å². The lowest BCUT2D eigenvalue weighted by molar-refractivity contribution is 0.130. The molecule has 1 heterocycles. The Labute approximate surface area is 118 Å². The van der Waals surface area contributed by atoms with Crippen LogP contribution in [0.4, 0.5) is 4.79 Å². The minimum absolute atomic E-state index is 0. The van der Waals surface area contributed by atoms with E-state index in [1.807, 2.05) is 20.8 Å². The van der Waals surface area contributed by atoms with Crippen molar-refractivity contribution in [2.45, 2.75) is 32.4 Å². The van der Waals surface area contributed by atoms with Gasteiger partial charge in [-0.2, -0.15) is 0 Å². The number of amides is 1. The second-order valence-corrected chi connectivity index (χ2v) is 5.23. The van der Waals surface area contributed by atoms with Crippen molar-refractivity contribution in [2.24, 2.45) is 0 Å². The van der Waals surface area contributed by atoms with Gasteiger partial charge in [0, 0.05) is 5.56 Å². The molecule has 1 saturated heterocycles. The Morgan fingerprint density at radius 1 is 1.42 bits per heavy atom. The third-order valence-electron chi connectivity index (χ3n) is 2.47. The normalized spacial score (nSPS) is 18.3. The van der Waals surface area contributed by atoms with E-state index >= 15 is 0 Å². The molecule has 5 nitrogen and oxygen atoms in total. The minimum atomic E-state index is -0.471. The number of phenolic OH excluding ortho intramolecular Hbond substituents is 1. The molecule has 1 amide bonds. The smallest absolute Gasteiger partial charge is 0.407 e. The maximum Gasteiger partial charge on any atom is 0.407 e. The van der Waals surface area contributed by atoms with Crippen molar-refractivity contribution in [3.63, 3.8) is 0 Å². The molecular weight excluding hydrogens is 270 g/mol. The fourth-order valence-electron chi connectivity index (χ4n) is 1.78. The SMILES string of the molecule is CC(C)(C)Oc1ccc(O)c([C@@H]2COC(=O)N2)c1.Cl. The predicted molar refractivity (Wildman–Crippen MR) is 73.0 cm³/mol. The highest BCUT2D eigenvalue weighted by molar-refractivity contribution is 5.85. The number of ether oxygens (including phenoxy) is 2. The molecule has 0 aromatic heterocycles. The Balaban J connectivity index is 0.00000180. The van der Waals surface area contributed by atoms with Gasteiger partial charge in [0.15, 0.2) is 0 Å². The number of halogens is 1. The van der Waals surface area contributed by atoms with Crippen molar-refractivity contribution in [1.29, 1.82) is 0 Å². The molecule has 1 aromatic carbocycles. The number of carbonyl (C=O) groups is 1. The van der Waals surface area contributed by atoms with Crippen LogP contribution in [-0.2, 0) is 4.74 Å². The topological polar surface area (TPSA) is 67.8 Å². The molecule has 0 spiro atoms. The van der Waals surface area contributed by atoms with Crippen LogP contribution in [0.3, 0.4) is 0 Å². The summed E-state index contributed by atoms with van der Waals surface area (Å²) < 4.78 is 10.5. The van der Waals surface area contributed by atoms with Crippen LogP contribution in [0.15, 0.2) is 18.2 Å². The maximum atomic E-state index is 11.0. The van der Waals surface area contributed by atoms with Crippen molar-refractivity contribution in [3.05, 3.63) is 23.8 Å². The van der Waals surface area contributed by atoms with Crippen molar-refractivity contribution < 1.29 is 19.4 Å². The van der Waals surface area contributed by atoms with Gasteiger partial charge in [-0.05, 0) is 39.0 Å². The van der Waals surface area contributed by atoms with Gasteiger partial charge in [0.25, 0.3) is 0 Å². The monoisotopic (exact) mass is 287 g/mol. The molecule has 0 unspecified atom stereocenters. The number of aromatic hydroxyl groups is 1. The fourth-order valence-corrected chi connectivity index (χ4v) is 1.78. The van der Waals surface area contributed by atoms with Gasteiger partial charge in [0.2, 0.25) is 0 Å². The average Bonchev–Trinajstić information content (AvgIpc) is 2.66. The molecule has 1 atom stereocenters. The van der Waals surface area contributed by atoms with Gasteiger partial charge in [0.1, 0.15) is 23.7 Å². The Morgan fingerprint density at radius 3 is 2.63 bits per heavy atom. The van der Waals surface area contributed by atoms with Crippen LogP contribution in [0.1, 0.15) is 32.4 Å². The van der Waals surface area contributed by atoms with E-state index in [0.717, 1.165) is 0 Å². The number of carbonyl (C=O) groups excluding carboxylic acids is 1. The summed E-state index contributed by atoms with van der Waals surface area (Å²) in [5.41, 5.74) is 0.284. The predicted octanol–water partition coefficient (Wildman–Crippen LogP) is 2.77. The molecule has 1 aliphatic rings. The largest absolute Gasteiger partial charge is 0.508 e. The van der Waals surface area contributed by atoms with Gasteiger partial charge in [-0.25, -0.2) is 4.79 Å². The molecule has 1 fully saturated rings. The lowest BCUT2D eigenvalue weighted by atomic mass is 10.1. The number of rotatable bonds is 2. The number of benzene rings is 1. The summed E-state index contributed by atoms with van der Waals surface area (Å²) in [6.07, 6.45) is -0.471. The number of alkyl carbamates (subject to hydrolysis) is 1. The first-order valence-corrected chi connectivity index (χ1v) is 5.80. The molecule has 2 N–H and O–H groups in total. The highest BCUT2D eigenvalue weighted by Crippen LogP contribution is 2.31. The van der Waals surface area contributed by atoms with Crippen LogP contribution in [0, 0.1) is 0 Å². The van der Waals surface area contributed by atoms with E-state index in [1.165, 1.54) is 0 Å². The molecule has 0 radical (unpaired) electrons. The summed E-state index contributed by atoms with van der Waals surface area (Å²) in [6, 6.07) is 4.64. The highest BCUT2D eigenvalue weighted by Gasteiger charge is 2.26. The molecule has 1 aliphatic heterocycles. The molecule has 0 aliphatic carbocycles. The third-order valence-corrected chi connectivity index (χ3v) is 2.47. The van der Waals surface area contributed by atoms with E-state index in [4.69, 9.17) is 9.47 Å². The quantitative estimate of drug-likeness (QED) is 0.878. The standard InChI is InChI=1S/C13H17NO4.ClH/c1-13(2,3)18-8-4-5-11(15)9(6-8)10-7-17-12(16)14-10;/h4-6,10,15H,7H2,1-3H3,(H,14,16);1H/t10-;/m0./s1. The lowest BCUT2D eigenvalue weighted by Gasteiger charge is -2.22. The second-order valence-electron chi connectivity index (χ2n) is 5.23. The maximum absolute atomic E-state index is 11.0. The second kappa shape index (κ2) is 5.57. The molecule has 0 bridgehead atoms. The third kappa shape index (κ3) is 3.92. The minimum Gasteiger partial charge on any atom is -0.508 e. The molecular formula is C13H18ClNO4. The van der Waals surface area contributed by atoms with Gasteiger partial charge in [0.05, 0.1) is 6.04 Å². The number of cyclic esters (lactones) is 1. The van der Waals surface area contributed by atoms with E-state index in [-0.39, 0.29) is 36.4 Å². The van der Waals surface area contributed by atoms with Gasteiger partial charge in [-0.15, -0.1) is 12.4 Å². The Bertz CT molecular complexity index is 470. The van der Waals surface area contributed by atoms with E-state index in [0.29, 0.717) is 11.3 Å². The summed E-state index contributed by atoms with van der Waals surface area (Å²) in [4.78, 5) is 11.0. The summed E-state index contributed by atoms with van der Waals surface area (Å²) >= 11 is 0. The number of hydrogen-bond acceptors (Lipinski definition) is 4. The van der Waals surface area contributed by atoms with Gasteiger partial charge >= 0.3 is 6.09 Å². The molecule has 0 saturated carbocycles. The van der Waals surface area contributed by atoms with Crippen LogP contribution in [0.25, 0.3) is 0 Å². The Kier molecular flexibility index (Phi) is 4.52. The summed E-state index contributed by atoms with van der Waals surface area (Å²) in [5.74, 6) is 0.767. The van der Waals surface area contributed by atoms with Gasteiger partial charge < -0.3 is 19.9 Å². The molecule has 106 valence electrons. The summed E-state index contributed by atoms with van der Waals surface area (Å²) in [6.45, 7) is 6.05. The number of nitrogens with one attached hydrogen (secondary N) is 1. The first-order valence-electron chi connectivity index (χ1n) is 5.80. The van der Waals surface area contributed by atoms with Crippen molar-refractivity contribution in [3.8, 4) is 11.5 Å². The van der Waals surface area contributed by atoms with E-state index in [2.05, 4.69) is 5.32 Å². The molecule has 2 rings (SSSR count). The zero-order valence-corrected chi connectivity index (χ0v) is 11.9. The number of phenols is 1.